The molecule has 0 aliphatic carbocycles. The fourth-order valence-corrected chi connectivity index (χ4v) is 5.59. The molecule has 33 heavy (non-hydrogen) atoms. The second kappa shape index (κ2) is 8.92. The van der Waals surface area contributed by atoms with Crippen LogP contribution in [0.2, 0.25) is 5.02 Å². The van der Waals surface area contributed by atoms with Gasteiger partial charge in [-0.05, 0) is 54.4 Å². The molecule has 3 aromatic rings. The number of hydrogen-bond donors (Lipinski definition) is 1. The lowest BCUT2D eigenvalue weighted by Gasteiger charge is -2.27. The van der Waals surface area contributed by atoms with Crippen LogP contribution in [0.25, 0.3) is 0 Å². The third-order valence-corrected chi connectivity index (χ3v) is 7.72. The molecule has 0 aromatic heterocycles. The molecule has 6 nitrogen and oxygen atoms in total. The lowest BCUT2D eigenvalue weighted by atomic mass is 10.0. The minimum absolute atomic E-state index is 0.0512. The summed E-state index contributed by atoms with van der Waals surface area (Å²) in [5.41, 5.74) is 2.33. The van der Waals surface area contributed by atoms with Crippen LogP contribution in [0.15, 0.2) is 88.4 Å². The molecule has 1 amide bonds. The van der Waals surface area contributed by atoms with Crippen molar-refractivity contribution in [1.29, 1.82) is 0 Å². The Labute approximate surface area is 197 Å². The summed E-state index contributed by atoms with van der Waals surface area (Å²) in [6.07, 6.45) is 0. The normalized spacial score (nSPS) is 16.4. The summed E-state index contributed by atoms with van der Waals surface area (Å²) < 4.78 is 32.3. The highest BCUT2D eigenvalue weighted by Crippen LogP contribution is 2.43. The minimum atomic E-state index is -4.19. The third kappa shape index (κ3) is 4.34. The van der Waals surface area contributed by atoms with E-state index in [1.54, 1.807) is 43.5 Å². The number of aliphatic hydroxyl groups is 1. The standard InChI is InChI=1S/C25H22ClNO5S/c1-16-3-7-18(8-4-16)22-24(33(30,31)21-13-9-19(26)10-14-21)23(28)25(29)27(22)15-17-5-11-20(32-2)12-6-17/h3-14,22,28H,15H2,1-2H3/t22-/m0/s1. The fourth-order valence-electron chi connectivity index (χ4n) is 3.82. The second-order valence-corrected chi connectivity index (χ2v) is 10.1. The van der Waals surface area contributed by atoms with Crippen LogP contribution < -0.4 is 4.74 Å². The van der Waals surface area contributed by atoms with Crippen LogP contribution in [-0.2, 0) is 21.2 Å². The Balaban J connectivity index is 1.82. The van der Waals surface area contributed by atoms with Crippen molar-refractivity contribution in [2.75, 3.05) is 7.11 Å². The maximum atomic E-state index is 13.6. The molecule has 0 radical (unpaired) electrons. The molecule has 8 heteroatoms. The first kappa shape index (κ1) is 22.9. The van der Waals surface area contributed by atoms with Crippen LogP contribution in [0.3, 0.4) is 0 Å². The number of ether oxygens (including phenoxy) is 1. The van der Waals surface area contributed by atoms with Crippen molar-refractivity contribution in [2.45, 2.75) is 24.4 Å². The van der Waals surface area contributed by atoms with E-state index in [-0.39, 0.29) is 16.3 Å². The number of aryl methyl sites for hydroxylation is 1. The number of rotatable bonds is 6. The summed E-state index contributed by atoms with van der Waals surface area (Å²) in [6, 6.07) is 19.0. The molecular formula is C25H22ClNO5S. The fraction of sp³-hybridized carbons (Fsp3) is 0.160. The number of hydrogen-bond acceptors (Lipinski definition) is 5. The Hall–Kier alpha value is -3.29. The van der Waals surface area contributed by atoms with Gasteiger partial charge < -0.3 is 14.7 Å². The average molecular weight is 484 g/mol. The molecule has 1 N–H and O–H groups in total. The van der Waals surface area contributed by atoms with Crippen LogP contribution >= 0.6 is 11.6 Å². The first-order valence-corrected chi connectivity index (χ1v) is 12.0. The van der Waals surface area contributed by atoms with Gasteiger partial charge in [0.15, 0.2) is 5.76 Å². The van der Waals surface area contributed by atoms with E-state index in [0.29, 0.717) is 16.3 Å². The summed E-state index contributed by atoms with van der Waals surface area (Å²) in [4.78, 5) is 14.1. The Morgan fingerprint density at radius 2 is 1.58 bits per heavy atom. The monoisotopic (exact) mass is 483 g/mol. The highest BCUT2D eigenvalue weighted by atomic mass is 35.5. The lowest BCUT2D eigenvalue weighted by molar-refractivity contribution is -0.130. The zero-order chi connectivity index (χ0) is 23.8. The van der Waals surface area contributed by atoms with Gasteiger partial charge in [-0.15, -0.1) is 0 Å². The number of nitrogens with zero attached hydrogens (tertiary/aromatic N) is 1. The molecule has 0 saturated carbocycles. The number of benzene rings is 3. The lowest BCUT2D eigenvalue weighted by Crippen LogP contribution is -2.30. The molecule has 1 heterocycles. The van der Waals surface area contributed by atoms with E-state index in [2.05, 4.69) is 0 Å². The summed E-state index contributed by atoms with van der Waals surface area (Å²) in [6.45, 7) is 2.02. The molecule has 0 spiro atoms. The van der Waals surface area contributed by atoms with Gasteiger partial charge in [-0.2, -0.15) is 0 Å². The zero-order valence-electron chi connectivity index (χ0n) is 18.0. The zero-order valence-corrected chi connectivity index (χ0v) is 19.6. The van der Waals surface area contributed by atoms with Crippen molar-refractivity contribution in [3.05, 3.63) is 105 Å². The highest BCUT2D eigenvalue weighted by molar-refractivity contribution is 7.95. The van der Waals surface area contributed by atoms with Crippen molar-refractivity contribution >= 4 is 27.3 Å². The number of carbonyl (C=O) groups is 1. The summed E-state index contributed by atoms with van der Waals surface area (Å²) in [7, 11) is -2.63. The molecule has 0 saturated heterocycles. The Bertz CT molecular complexity index is 1310. The van der Waals surface area contributed by atoms with E-state index in [9.17, 15) is 18.3 Å². The van der Waals surface area contributed by atoms with E-state index >= 15 is 0 Å². The quantitative estimate of drug-likeness (QED) is 0.534. The average Bonchev–Trinajstić information content (AvgIpc) is 3.06. The predicted molar refractivity (Wildman–Crippen MR) is 126 cm³/mol. The molecule has 170 valence electrons. The number of aliphatic hydroxyl groups excluding tert-OH is 1. The number of methoxy groups -OCH3 is 1. The molecule has 1 aliphatic heterocycles. The van der Waals surface area contributed by atoms with Crippen LogP contribution in [-0.4, -0.2) is 31.4 Å². The largest absolute Gasteiger partial charge is 0.502 e. The topological polar surface area (TPSA) is 83.9 Å². The Morgan fingerprint density at radius 3 is 2.15 bits per heavy atom. The summed E-state index contributed by atoms with van der Waals surface area (Å²) >= 11 is 5.92. The summed E-state index contributed by atoms with van der Waals surface area (Å²) in [5.74, 6) is -0.860. The van der Waals surface area contributed by atoms with Gasteiger partial charge in [-0.25, -0.2) is 8.42 Å². The van der Waals surface area contributed by atoms with Gasteiger partial charge in [-0.1, -0.05) is 53.6 Å². The Morgan fingerprint density at radius 1 is 0.970 bits per heavy atom. The number of sulfone groups is 1. The van der Waals surface area contributed by atoms with Crippen molar-refractivity contribution in [1.82, 2.24) is 4.90 Å². The molecule has 0 unspecified atom stereocenters. The van der Waals surface area contributed by atoms with E-state index in [1.165, 1.54) is 29.2 Å². The first-order valence-electron chi connectivity index (χ1n) is 10.2. The van der Waals surface area contributed by atoms with Gasteiger partial charge in [-0.3, -0.25) is 4.79 Å². The van der Waals surface area contributed by atoms with Gasteiger partial charge in [0, 0.05) is 11.6 Å². The second-order valence-electron chi connectivity index (χ2n) is 7.76. The van der Waals surface area contributed by atoms with Gasteiger partial charge in [0.1, 0.15) is 10.7 Å². The number of amides is 1. The highest BCUT2D eigenvalue weighted by Gasteiger charge is 2.46. The number of carbonyl (C=O) groups excluding carboxylic acids is 1. The number of halogens is 1. The van der Waals surface area contributed by atoms with E-state index in [0.717, 1.165) is 11.1 Å². The van der Waals surface area contributed by atoms with Crippen molar-refractivity contribution in [3.8, 4) is 5.75 Å². The van der Waals surface area contributed by atoms with E-state index < -0.39 is 27.5 Å². The van der Waals surface area contributed by atoms with Crippen molar-refractivity contribution in [3.63, 3.8) is 0 Å². The maximum absolute atomic E-state index is 13.6. The molecule has 4 rings (SSSR count). The predicted octanol–water partition coefficient (Wildman–Crippen LogP) is 4.98. The SMILES string of the molecule is COc1ccc(CN2C(=O)C(O)=C(S(=O)(=O)c3ccc(Cl)cc3)[C@@H]2c2ccc(C)cc2)cc1. The third-order valence-electron chi connectivity index (χ3n) is 5.58. The van der Waals surface area contributed by atoms with Crippen LogP contribution in [0.1, 0.15) is 22.7 Å². The summed E-state index contributed by atoms with van der Waals surface area (Å²) in [5, 5.41) is 11.2. The Kier molecular flexibility index (Phi) is 6.19. The van der Waals surface area contributed by atoms with Crippen LogP contribution in [0.4, 0.5) is 0 Å². The van der Waals surface area contributed by atoms with Crippen LogP contribution in [0.5, 0.6) is 5.75 Å². The molecule has 3 aromatic carbocycles. The molecule has 1 atom stereocenters. The van der Waals surface area contributed by atoms with Gasteiger partial charge in [0.05, 0.1) is 18.0 Å². The smallest absolute Gasteiger partial charge is 0.290 e. The van der Waals surface area contributed by atoms with Crippen LogP contribution in [0, 0.1) is 6.92 Å². The van der Waals surface area contributed by atoms with Crippen molar-refractivity contribution < 1.29 is 23.1 Å². The van der Waals surface area contributed by atoms with Crippen molar-refractivity contribution in [2.24, 2.45) is 0 Å². The minimum Gasteiger partial charge on any atom is -0.502 e. The molecule has 1 aliphatic rings. The first-order chi connectivity index (χ1) is 15.7. The molecule has 0 bridgehead atoms. The van der Waals surface area contributed by atoms with Gasteiger partial charge >= 0.3 is 0 Å². The van der Waals surface area contributed by atoms with E-state index in [4.69, 9.17) is 16.3 Å². The maximum Gasteiger partial charge on any atom is 0.290 e. The van der Waals surface area contributed by atoms with E-state index in [1.807, 2.05) is 19.1 Å². The van der Waals surface area contributed by atoms with Gasteiger partial charge in [0.2, 0.25) is 9.84 Å². The molecular weight excluding hydrogens is 462 g/mol. The molecule has 0 fully saturated rings. The van der Waals surface area contributed by atoms with Gasteiger partial charge in [0.25, 0.3) is 5.91 Å².